The number of nitrogens with zero attached hydrogens (tertiary/aromatic N) is 1. The van der Waals surface area contributed by atoms with Crippen LogP contribution in [0.25, 0.3) is 0 Å². The van der Waals surface area contributed by atoms with Crippen LogP contribution in [-0.2, 0) is 19.1 Å². The summed E-state index contributed by atoms with van der Waals surface area (Å²) in [6.07, 6.45) is 0. The fraction of sp³-hybridized carbons (Fsp3) is 0.750. The highest BCUT2D eigenvalue weighted by atomic mass is 16.5. The van der Waals surface area contributed by atoms with E-state index in [1.165, 1.54) is 18.9 Å². The highest BCUT2D eigenvalue weighted by molar-refractivity contribution is 5.84. The van der Waals surface area contributed by atoms with Gasteiger partial charge in [-0.15, -0.1) is 0 Å². The summed E-state index contributed by atoms with van der Waals surface area (Å²) in [5.74, 6) is -2.28. The number of carbonyl (C=O) groups is 3. The first-order chi connectivity index (χ1) is 9.38. The molecule has 1 heterocycles. The van der Waals surface area contributed by atoms with Crippen molar-refractivity contribution in [3.8, 4) is 0 Å². The topological polar surface area (TPSA) is 105 Å². The Balaban J connectivity index is 2.68. The van der Waals surface area contributed by atoms with Crippen molar-refractivity contribution in [1.29, 1.82) is 0 Å². The predicted molar refractivity (Wildman–Crippen MR) is 68.1 cm³/mol. The number of methoxy groups -OCH3 is 1. The van der Waals surface area contributed by atoms with Crippen LogP contribution in [0.15, 0.2) is 0 Å². The normalized spacial score (nSPS) is 21.8. The monoisotopic (exact) mass is 288 g/mol. The van der Waals surface area contributed by atoms with Gasteiger partial charge in [-0.1, -0.05) is 0 Å². The molecule has 3 atom stereocenters. The summed E-state index contributed by atoms with van der Waals surface area (Å²) in [7, 11) is 1.24. The molecule has 2 amide bonds. The van der Waals surface area contributed by atoms with E-state index >= 15 is 0 Å². The number of morpholine rings is 1. The molecule has 114 valence electrons. The third kappa shape index (κ3) is 3.83. The molecule has 1 saturated heterocycles. The highest BCUT2D eigenvalue weighted by Gasteiger charge is 2.34. The van der Waals surface area contributed by atoms with Crippen molar-refractivity contribution in [2.24, 2.45) is 5.92 Å². The average molecular weight is 288 g/mol. The Morgan fingerprint density at radius 3 is 2.60 bits per heavy atom. The molecular weight excluding hydrogens is 268 g/mol. The molecule has 3 unspecified atom stereocenters. The molecule has 0 bridgehead atoms. The van der Waals surface area contributed by atoms with Crippen molar-refractivity contribution >= 4 is 18.0 Å². The largest absolute Gasteiger partial charge is 0.481 e. The lowest BCUT2D eigenvalue weighted by atomic mass is 10.0. The molecule has 1 aliphatic heterocycles. The van der Waals surface area contributed by atoms with Gasteiger partial charge >= 0.3 is 18.0 Å². The third-order valence-corrected chi connectivity index (χ3v) is 3.35. The molecule has 1 fully saturated rings. The molecule has 20 heavy (non-hydrogen) atoms. The minimum absolute atomic E-state index is 0.0724. The first-order valence-corrected chi connectivity index (χ1v) is 6.34. The second-order valence-electron chi connectivity index (χ2n) is 4.67. The molecule has 8 heteroatoms. The summed E-state index contributed by atoms with van der Waals surface area (Å²) in [4.78, 5) is 35.9. The number of amides is 2. The standard InChI is InChI=1S/C12H20N2O6/c1-7(10(15)16)8(2)13-12(18)14-4-5-20-6-9(14)11(17)19-3/h7-9H,4-6H2,1-3H3,(H,13,18)(H,15,16). The maximum Gasteiger partial charge on any atom is 0.331 e. The summed E-state index contributed by atoms with van der Waals surface area (Å²) in [6.45, 7) is 3.75. The SMILES string of the molecule is COC(=O)C1COCCN1C(=O)NC(C)C(C)C(=O)O. The zero-order valence-electron chi connectivity index (χ0n) is 11.8. The van der Waals surface area contributed by atoms with Crippen LogP contribution >= 0.6 is 0 Å². The minimum Gasteiger partial charge on any atom is -0.481 e. The molecule has 0 aliphatic carbocycles. The number of hydrogen-bond donors (Lipinski definition) is 2. The van der Waals surface area contributed by atoms with Gasteiger partial charge in [-0.25, -0.2) is 9.59 Å². The molecule has 0 spiro atoms. The number of nitrogens with one attached hydrogen (secondary N) is 1. The Kier molecular flexibility index (Phi) is 5.75. The van der Waals surface area contributed by atoms with E-state index in [1.54, 1.807) is 6.92 Å². The number of aliphatic carboxylic acids is 1. The Morgan fingerprint density at radius 1 is 1.40 bits per heavy atom. The van der Waals surface area contributed by atoms with Gasteiger partial charge in [0, 0.05) is 12.6 Å². The van der Waals surface area contributed by atoms with E-state index in [9.17, 15) is 14.4 Å². The molecule has 8 nitrogen and oxygen atoms in total. The number of carboxylic acid groups (broad SMARTS) is 1. The van der Waals surface area contributed by atoms with Gasteiger partial charge in [0.15, 0.2) is 6.04 Å². The van der Waals surface area contributed by atoms with E-state index in [2.05, 4.69) is 10.1 Å². The van der Waals surface area contributed by atoms with Crippen molar-refractivity contribution in [1.82, 2.24) is 10.2 Å². The van der Waals surface area contributed by atoms with E-state index < -0.39 is 36.0 Å². The lowest BCUT2D eigenvalue weighted by Crippen LogP contribution is -2.57. The highest BCUT2D eigenvalue weighted by Crippen LogP contribution is 2.10. The molecular formula is C12H20N2O6. The van der Waals surface area contributed by atoms with Gasteiger partial charge in [-0.3, -0.25) is 4.79 Å². The van der Waals surface area contributed by atoms with Gasteiger partial charge < -0.3 is 24.8 Å². The zero-order valence-corrected chi connectivity index (χ0v) is 11.8. The summed E-state index contributed by atoms with van der Waals surface area (Å²) in [5.41, 5.74) is 0. The molecule has 0 aromatic heterocycles. The number of hydrogen-bond acceptors (Lipinski definition) is 5. The van der Waals surface area contributed by atoms with E-state index in [4.69, 9.17) is 9.84 Å². The van der Waals surface area contributed by atoms with Crippen LogP contribution in [0.4, 0.5) is 4.79 Å². The van der Waals surface area contributed by atoms with Gasteiger partial charge in [0.1, 0.15) is 0 Å². The summed E-state index contributed by atoms with van der Waals surface area (Å²) >= 11 is 0. The maximum absolute atomic E-state index is 12.1. The average Bonchev–Trinajstić information content (AvgIpc) is 2.45. The van der Waals surface area contributed by atoms with Crippen LogP contribution in [0.2, 0.25) is 0 Å². The lowest BCUT2D eigenvalue weighted by molar-refractivity contribution is -0.151. The molecule has 0 saturated carbocycles. The number of urea groups is 1. The van der Waals surface area contributed by atoms with Crippen molar-refractivity contribution in [2.45, 2.75) is 25.9 Å². The number of carbonyl (C=O) groups excluding carboxylic acids is 2. The van der Waals surface area contributed by atoms with Gasteiger partial charge in [0.2, 0.25) is 0 Å². The van der Waals surface area contributed by atoms with Gasteiger partial charge in [-0.05, 0) is 13.8 Å². The lowest BCUT2D eigenvalue weighted by Gasteiger charge is -2.34. The van der Waals surface area contributed by atoms with E-state index in [0.717, 1.165) is 0 Å². The molecule has 0 aromatic carbocycles. The predicted octanol–water partition coefficient (Wildman–Crippen LogP) is -0.321. The van der Waals surface area contributed by atoms with Crippen LogP contribution in [-0.4, -0.2) is 66.9 Å². The second kappa shape index (κ2) is 7.09. The Morgan fingerprint density at radius 2 is 2.05 bits per heavy atom. The van der Waals surface area contributed by atoms with Crippen LogP contribution in [0.1, 0.15) is 13.8 Å². The maximum atomic E-state index is 12.1. The summed E-state index contributed by atoms with van der Waals surface area (Å²) < 4.78 is 9.79. The number of rotatable bonds is 4. The van der Waals surface area contributed by atoms with E-state index in [-0.39, 0.29) is 13.2 Å². The van der Waals surface area contributed by atoms with Crippen molar-refractivity contribution in [2.75, 3.05) is 26.9 Å². The Labute approximate surface area is 117 Å². The minimum atomic E-state index is -0.996. The molecule has 0 aromatic rings. The quantitative estimate of drug-likeness (QED) is 0.687. The smallest absolute Gasteiger partial charge is 0.331 e. The molecule has 1 aliphatic rings. The number of carboxylic acids is 1. The molecule has 2 N–H and O–H groups in total. The molecule has 1 rings (SSSR count). The van der Waals surface area contributed by atoms with E-state index in [1.807, 2.05) is 0 Å². The zero-order chi connectivity index (χ0) is 15.3. The summed E-state index contributed by atoms with van der Waals surface area (Å²) in [5, 5.41) is 11.5. The van der Waals surface area contributed by atoms with Crippen molar-refractivity contribution < 1.29 is 29.0 Å². The van der Waals surface area contributed by atoms with Gasteiger partial charge in [-0.2, -0.15) is 0 Å². The van der Waals surface area contributed by atoms with E-state index in [0.29, 0.717) is 6.61 Å². The second-order valence-corrected chi connectivity index (χ2v) is 4.67. The fourth-order valence-electron chi connectivity index (χ4n) is 1.79. The van der Waals surface area contributed by atoms with Crippen LogP contribution in [0, 0.1) is 5.92 Å². The van der Waals surface area contributed by atoms with Crippen molar-refractivity contribution in [3.05, 3.63) is 0 Å². The fourth-order valence-corrected chi connectivity index (χ4v) is 1.79. The molecule has 0 radical (unpaired) electrons. The number of esters is 1. The van der Waals surface area contributed by atoms with Crippen LogP contribution in [0.5, 0.6) is 0 Å². The van der Waals surface area contributed by atoms with Gasteiger partial charge in [0.05, 0.1) is 26.2 Å². The first kappa shape index (κ1) is 16.2. The van der Waals surface area contributed by atoms with Crippen LogP contribution < -0.4 is 5.32 Å². The van der Waals surface area contributed by atoms with Crippen molar-refractivity contribution in [3.63, 3.8) is 0 Å². The third-order valence-electron chi connectivity index (χ3n) is 3.35. The van der Waals surface area contributed by atoms with Crippen LogP contribution in [0.3, 0.4) is 0 Å². The Bertz CT molecular complexity index is 386. The first-order valence-electron chi connectivity index (χ1n) is 6.34. The summed E-state index contributed by atoms with van der Waals surface area (Å²) in [6, 6.07) is -1.86. The Hall–Kier alpha value is -1.83. The van der Waals surface area contributed by atoms with Gasteiger partial charge in [0.25, 0.3) is 0 Å². The number of ether oxygens (including phenoxy) is 2.